The molecule has 0 radical (unpaired) electrons. The van der Waals surface area contributed by atoms with Crippen molar-refractivity contribution in [1.29, 1.82) is 0 Å². The van der Waals surface area contributed by atoms with Crippen molar-refractivity contribution in [2.45, 2.75) is 50.4 Å². The van der Waals surface area contributed by atoms with E-state index in [4.69, 9.17) is 4.74 Å². The Morgan fingerprint density at radius 1 is 1.06 bits per heavy atom. The average molecular weight is 442 g/mol. The zero-order valence-electron chi connectivity index (χ0n) is 19.2. The summed E-state index contributed by atoms with van der Waals surface area (Å²) in [6.07, 6.45) is 3.46. The maximum atomic E-state index is 13.5. The number of hydrazine groups is 1. The Bertz CT molecular complexity index is 839. The van der Waals surface area contributed by atoms with Crippen LogP contribution in [0, 0.1) is 5.92 Å². The molecule has 1 aromatic rings. The van der Waals surface area contributed by atoms with Gasteiger partial charge in [0.05, 0.1) is 7.11 Å². The van der Waals surface area contributed by atoms with Gasteiger partial charge < -0.3 is 19.4 Å². The molecule has 4 fully saturated rings. The lowest BCUT2D eigenvalue weighted by Crippen LogP contribution is -2.68. The summed E-state index contributed by atoms with van der Waals surface area (Å²) in [6.45, 7) is 4.93. The molecular formula is C24H35N5O3. The highest BCUT2D eigenvalue weighted by Crippen LogP contribution is 2.38. The number of benzene rings is 1. The third-order valence-electron chi connectivity index (χ3n) is 7.83. The van der Waals surface area contributed by atoms with E-state index < -0.39 is 0 Å². The van der Waals surface area contributed by atoms with Gasteiger partial charge in [-0.25, -0.2) is 5.01 Å². The number of ether oxygens (including phenoxy) is 1. The molecule has 1 N–H and O–H groups in total. The summed E-state index contributed by atoms with van der Waals surface area (Å²) < 4.78 is 5.29. The molecule has 3 saturated heterocycles. The molecule has 3 heterocycles. The van der Waals surface area contributed by atoms with Crippen LogP contribution < -0.4 is 10.2 Å². The summed E-state index contributed by atoms with van der Waals surface area (Å²) in [7, 11) is 3.77. The smallest absolute Gasteiger partial charge is 0.242 e. The van der Waals surface area contributed by atoms with Gasteiger partial charge in [-0.2, -0.15) is 0 Å². The monoisotopic (exact) mass is 441 g/mol. The second kappa shape index (κ2) is 9.00. The first-order chi connectivity index (χ1) is 15.5. The summed E-state index contributed by atoms with van der Waals surface area (Å²) >= 11 is 0. The number of hydrogen-bond donors (Lipinski definition) is 1. The molecule has 0 spiro atoms. The van der Waals surface area contributed by atoms with Crippen LogP contribution in [-0.4, -0.2) is 96.5 Å². The molecule has 5 rings (SSSR count). The largest absolute Gasteiger partial charge is 0.497 e. The normalized spacial score (nSPS) is 31.4. The first-order valence-electron chi connectivity index (χ1n) is 12.0. The maximum absolute atomic E-state index is 13.5. The number of hydrogen-bond acceptors (Lipinski definition) is 6. The highest BCUT2D eigenvalue weighted by molar-refractivity contribution is 5.84. The predicted octanol–water partition coefficient (Wildman–Crippen LogP) is 0.928. The number of carbonyl (C=O) groups excluding carboxylic acids is 2. The third kappa shape index (κ3) is 4.00. The lowest BCUT2D eigenvalue weighted by Gasteiger charge is -2.52. The van der Waals surface area contributed by atoms with Crippen LogP contribution in [-0.2, 0) is 16.1 Å². The minimum atomic E-state index is -0.0839. The molecule has 8 nitrogen and oxygen atoms in total. The fourth-order valence-corrected chi connectivity index (χ4v) is 5.95. The van der Waals surface area contributed by atoms with Crippen molar-refractivity contribution < 1.29 is 14.3 Å². The van der Waals surface area contributed by atoms with E-state index in [2.05, 4.69) is 27.3 Å². The van der Waals surface area contributed by atoms with E-state index in [1.807, 2.05) is 29.2 Å². The van der Waals surface area contributed by atoms with Gasteiger partial charge in [-0.1, -0.05) is 12.1 Å². The molecule has 0 aromatic heterocycles. The van der Waals surface area contributed by atoms with Crippen LogP contribution in [0.1, 0.15) is 31.2 Å². The van der Waals surface area contributed by atoms with Crippen LogP contribution in [0.3, 0.4) is 0 Å². The van der Waals surface area contributed by atoms with Gasteiger partial charge in [0.1, 0.15) is 11.8 Å². The number of piperazine rings is 2. The maximum Gasteiger partial charge on any atom is 0.242 e. The molecule has 8 heteroatoms. The Morgan fingerprint density at radius 3 is 2.53 bits per heavy atom. The first-order valence-corrected chi connectivity index (χ1v) is 12.0. The highest BCUT2D eigenvalue weighted by Gasteiger charge is 2.51. The molecule has 4 atom stereocenters. The van der Waals surface area contributed by atoms with Crippen molar-refractivity contribution in [3.63, 3.8) is 0 Å². The van der Waals surface area contributed by atoms with Crippen LogP contribution in [0.4, 0.5) is 0 Å². The predicted molar refractivity (Wildman–Crippen MR) is 121 cm³/mol. The average Bonchev–Trinajstić information content (AvgIpc) is 3.32. The lowest BCUT2D eigenvalue weighted by atomic mass is 9.78. The highest BCUT2D eigenvalue weighted by atomic mass is 16.5. The van der Waals surface area contributed by atoms with E-state index >= 15 is 0 Å². The Kier molecular flexibility index (Phi) is 6.09. The number of likely N-dealkylation sites (N-methyl/N-ethyl adjacent to an activating group) is 1. The topological polar surface area (TPSA) is 68.4 Å². The van der Waals surface area contributed by atoms with Gasteiger partial charge in [0.2, 0.25) is 11.8 Å². The van der Waals surface area contributed by atoms with E-state index in [0.717, 1.165) is 69.7 Å². The summed E-state index contributed by atoms with van der Waals surface area (Å²) in [4.78, 5) is 33.3. The van der Waals surface area contributed by atoms with Crippen LogP contribution in [0.15, 0.2) is 24.3 Å². The fourth-order valence-electron chi connectivity index (χ4n) is 5.95. The van der Waals surface area contributed by atoms with Crippen molar-refractivity contribution in [2.75, 3.05) is 46.9 Å². The minimum absolute atomic E-state index is 0.00461. The summed E-state index contributed by atoms with van der Waals surface area (Å²) in [5.41, 5.74) is 4.57. The minimum Gasteiger partial charge on any atom is -0.497 e. The molecule has 3 aliphatic heterocycles. The van der Waals surface area contributed by atoms with E-state index in [0.29, 0.717) is 6.54 Å². The molecule has 1 aliphatic carbocycles. The van der Waals surface area contributed by atoms with Crippen LogP contribution in [0.2, 0.25) is 0 Å². The molecule has 1 aromatic carbocycles. The number of nitrogens with one attached hydrogen (secondary N) is 1. The standard InChI is InChI=1S/C24H35N5O3/c1-26-11-13-27(14-12-26)23(30)18-5-8-20-22(15-18)28(24(31)21-9-10-25-29(20)21)16-17-3-6-19(32-2)7-4-17/h3-4,6-7,18,20-22,25H,5,8-16H2,1-2H3. The van der Waals surface area contributed by atoms with E-state index in [1.165, 1.54) is 0 Å². The fraction of sp³-hybridized carbons (Fsp3) is 0.667. The van der Waals surface area contributed by atoms with Gasteiger partial charge in [-0.05, 0) is 50.4 Å². The Labute approximate surface area is 190 Å². The van der Waals surface area contributed by atoms with Gasteiger partial charge in [-0.3, -0.25) is 15.0 Å². The van der Waals surface area contributed by atoms with Gasteiger partial charge >= 0.3 is 0 Å². The van der Waals surface area contributed by atoms with Crippen molar-refractivity contribution in [3.05, 3.63) is 29.8 Å². The number of rotatable bonds is 4. The Balaban J connectivity index is 1.35. The first kappa shape index (κ1) is 21.7. The molecule has 4 unspecified atom stereocenters. The molecular weight excluding hydrogens is 406 g/mol. The van der Waals surface area contributed by atoms with Crippen LogP contribution >= 0.6 is 0 Å². The molecule has 4 aliphatic rings. The second-order valence-corrected chi connectivity index (χ2v) is 9.71. The summed E-state index contributed by atoms with van der Waals surface area (Å²) in [6, 6.07) is 8.22. The summed E-state index contributed by atoms with van der Waals surface area (Å²) in [5, 5.41) is 2.22. The number of carbonyl (C=O) groups is 2. The third-order valence-corrected chi connectivity index (χ3v) is 7.83. The second-order valence-electron chi connectivity index (χ2n) is 9.71. The van der Waals surface area contributed by atoms with Crippen molar-refractivity contribution in [2.24, 2.45) is 5.92 Å². The van der Waals surface area contributed by atoms with E-state index in [1.54, 1.807) is 7.11 Å². The SMILES string of the molecule is COc1ccc(CN2C(=O)C3CCNN3C3CCC(C(=O)N4CCN(C)CC4)CC32)cc1. The van der Waals surface area contributed by atoms with Gasteiger partial charge in [0.15, 0.2) is 0 Å². The van der Waals surface area contributed by atoms with E-state index in [-0.39, 0.29) is 35.9 Å². The lowest BCUT2D eigenvalue weighted by molar-refractivity contribution is -0.159. The number of nitrogens with zero attached hydrogens (tertiary/aromatic N) is 4. The zero-order valence-corrected chi connectivity index (χ0v) is 19.2. The van der Waals surface area contributed by atoms with Crippen molar-refractivity contribution in [1.82, 2.24) is 25.1 Å². The van der Waals surface area contributed by atoms with Gasteiger partial charge in [0, 0.05) is 57.3 Å². The number of fused-ring (bicyclic) bond motifs is 3. The molecule has 32 heavy (non-hydrogen) atoms. The molecule has 1 saturated carbocycles. The molecule has 0 bridgehead atoms. The zero-order chi connectivity index (χ0) is 22.2. The van der Waals surface area contributed by atoms with E-state index in [9.17, 15) is 9.59 Å². The number of methoxy groups -OCH3 is 1. The van der Waals surface area contributed by atoms with Crippen molar-refractivity contribution in [3.8, 4) is 5.75 Å². The van der Waals surface area contributed by atoms with Crippen LogP contribution in [0.25, 0.3) is 0 Å². The molecule has 2 amide bonds. The van der Waals surface area contributed by atoms with Gasteiger partial charge in [0.25, 0.3) is 0 Å². The quantitative estimate of drug-likeness (QED) is 0.750. The molecule has 174 valence electrons. The van der Waals surface area contributed by atoms with Crippen LogP contribution in [0.5, 0.6) is 5.75 Å². The number of amides is 2. The summed E-state index contributed by atoms with van der Waals surface area (Å²) in [5.74, 6) is 1.30. The Morgan fingerprint density at radius 2 is 1.81 bits per heavy atom. The van der Waals surface area contributed by atoms with Crippen molar-refractivity contribution >= 4 is 11.8 Å². The Hall–Kier alpha value is -2.16. The van der Waals surface area contributed by atoms with Gasteiger partial charge in [-0.15, -0.1) is 0 Å².